The van der Waals surface area contributed by atoms with E-state index in [0.717, 1.165) is 5.52 Å². The Bertz CT molecular complexity index is 850. The molecule has 116 valence electrons. The van der Waals surface area contributed by atoms with Crippen LogP contribution in [0.4, 0.5) is 18.3 Å². The van der Waals surface area contributed by atoms with Crippen molar-refractivity contribution in [2.45, 2.75) is 12.7 Å². The lowest BCUT2D eigenvalue weighted by atomic mass is 10.3. The number of H-pyrrole nitrogens is 1. The first-order valence-corrected chi connectivity index (χ1v) is 7.09. The van der Waals surface area contributed by atoms with Crippen molar-refractivity contribution in [3.05, 3.63) is 39.8 Å². The molecule has 0 bridgehead atoms. The van der Waals surface area contributed by atoms with Gasteiger partial charge in [0, 0.05) is 13.1 Å². The van der Waals surface area contributed by atoms with Gasteiger partial charge in [0.05, 0.1) is 11.0 Å². The average Bonchev–Trinajstić information content (AvgIpc) is 3.04. The normalized spacial score (nSPS) is 12.0. The van der Waals surface area contributed by atoms with E-state index in [4.69, 9.17) is 0 Å². The molecule has 0 saturated carbocycles. The summed E-state index contributed by atoms with van der Waals surface area (Å²) in [5.74, 6) is 0. The van der Waals surface area contributed by atoms with Gasteiger partial charge >= 0.3 is 11.9 Å². The van der Waals surface area contributed by atoms with E-state index >= 15 is 0 Å². The summed E-state index contributed by atoms with van der Waals surface area (Å²) in [4.78, 5) is 14.5. The SMILES string of the molecule is O=c1[nH]c2ccccc2n1CCNc1nnc(C(F)(F)F)s1. The number of para-hydroxylation sites is 2. The number of aromatic amines is 1. The molecule has 0 fully saturated rings. The smallest absolute Gasteiger partial charge is 0.358 e. The summed E-state index contributed by atoms with van der Waals surface area (Å²) < 4.78 is 38.7. The third kappa shape index (κ3) is 2.82. The Labute approximate surface area is 125 Å². The third-order valence-electron chi connectivity index (χ3n) is 2.96. The molecule has 3 aromatic rings. The number of benzene rings is 1. The number of rotatable bonds is 4. The van der Waals surface area contributed by atoms with Gasteiger partial charge in [-0.25, -0.2) is 4.79 Å². The second-order valence-electron chi connectivity index (χ2n) is 4.44. The fourth-order valence-electron chi connectivity index (χ4n) is 2.01. The topological polar surface area (TPSA) is 75.6 Å². The number of hydrogen-bond acceptors (Lipinski definition) is 5. The van der Waals surface area contributed by atoms with E-state index in [0.29, 0.717) is 23.4 Å². The highest BCUT2D eigenvalue weighted by atomic mass is 32.1. The first-order valence-electron chi connectivity index (χ1n) is 6.27. The van der Waals surface area contributed by atoms with Crippen LogP contribution in [0.15, 0.2) is 29.1 Å². The maximum Gasteiger partial charge on any atom is 0.445 e. The van der Waals surface area contributed by atoms with E-state index in [9.17, 15) is 18.0 Å². The van der Waals surface area contributed by atoms with Crippen molar-refractivity contribution in [2.24, 2.45) is 0 Å². The lowest BCUT2D eigenvalue weighted by molar-refractivity contribution is -0.138. The van der Waals surface area contributed by atoms with E-state index in [1.807, 2.05) is 0 Å². The van der Waals surface area contributed by atoms with Gasteiger partial charge in [0.25, 0.3) is 0 Å². The first kappa shape index (κ1) is 14.6. The molecule has 1 aromatic carbocycles. The molecule has 2 N–H and O–H groups in total. The number of alkyl halides is 3. The van der Waals surface area contributed by atoms with Gasteiger partial charge < -0.3 is 10.3 Å². The average molecular weight is 329 g/mol. The highest BCUT2D eigenvalue weighted by Crippen LogP contribution is 2.32. The predicted molar refractivity (Wildman–Crippen MR) is 76.0 cm³/mol. The van der Waals surface area contributed by atoms with Gasteiger partial charge in [-0.2, -0.15) is 13.2 Å². The molecule has 0 aliphatic rings. The molecule has 0 saturated heterocycles. The van der Waals surface area contributed by atoms with Crippen LogP contribution in [0.2, 0.25) is 0 Å². The van der Waals surface area contributed by atoms with E-state index < -0.39 is 11.2 Å². The van der Waals surface area contributed by atoms with Crippen LogP contribution in [0.25, 0.3) is 11.0 Å². The number of aromatic nitrogens is 4. The molecule has 6 nitrogen and oxygen atoms in total. The van der Waals surface area contributed by atoms with Crippen molar-refractivity contribution in [3.63, 3.8) is 0 Å². The van der Waals surface area contributed by atoms with Crippen molar-refractivity contribution in [1.82, 2.24) is 19.7 Å². The van der Waals surface area contributed by atoms with Gasteiger partial charge in [0.2, 0.25) is 10.1 Å². The monoisotopic (exact) mass is 329 g/mol. The van der Waals surface area contributed by atoms with E-state index in [1.54, 1.807) is 24.3 Å². The molecule has 0 atom stereocenters. The van der Waals surface area contributed by atoms with Gasteiger partial charge in [-0.15, -0.1) is 10.2 Å². The molecule has 0 aliphatic heterocycles. The van der Waals surface area contributed by atoms with E-state index in [-0.39, 0.29) is 17.4 Å². The largest absolute Gasteiger partial charge is 0.445 e. The quantitative estimate of drug-likeness (QED) is 0.770. The fourth-order valence-corrected chi connectivity index (χ4v) is 2.65. The minimum Gasteiger partial charge on any atom is -0.358 e. The second-order valence-corrected chi connectivity index (χ2v) is 5.41. The zero-order chi connectivity index (χ0) is 15.7. The van der Waals surface area contributed by atoms with Crippen molar-refractivity contribution < 1.29 is 13.2 Å². The van der Waals surface area contributed by atoms with Crippen LogP contribution >= 0.6 is 11.3 Å². The number of nitrogens with zero attached hydrogens (tertiary/aromatic N) is 3. The Hall–Kier alpha value is -2.36. The summed E-state index contributed by atoms with van der Waals surface area (Å²) in [6, 6.07) is 7.18. The molecule has 0 unspecified atom stereocenters. The van der Waals surface area contributed by atoms with E-state index in [2.05, 4.69) is 20.5 Å². The van der Waals surface area contributed by atoms with Gasteiger partial charge in [0.15, 0.2) is 0 Å². The zero-order valence-corrected chi connectivity index (χ0v) is 11.8. The number of hydrogen-bond donors (Lipinski definition) is 2. The highest BCUT2D eigenvalue weighted by Gasteiger charge is 2.35. The van der Waals surface area contributed by atoms with Gasteiger partial charge in [-0.3, -0.25) is 4.57 Å². The van der Waals surface area contributed by atoms with Crippen LogP contribution < -0.4 is 11.0 Å². The van der Waals surface area contributed by atoms with Crippen molar-refractivity contribution in [3.8, 4) is 0 Å². The molecular weight excluding hydrogens is 319 g/mol. The molecule has 22 heavy (non-hydrogen) atoms. The molecule has 0 radical (unpaired) electrons. The molecule has 0 aliphatic carbocycles. The van der Waals surface area contributed by atoms with Gasteiger partial charge in [-0.05, 0) is 12.1 Å². The summed E-state index contributed by atoms with van der Waals surface area (Å²) in [7, 11) is 0. The third-order valence-corrected chi connectivity index (χ3v) is 3.89. The van der Waals surface area contributed by atoms with Crippen LogP contribution in [-0.4, -0.2) is 26.3 Å². The Morgan fingerprint density at radius 3 is 2.77 bits per heavy atom. The minimum atomic E-state index is -4.49. The van der Waals surface area contributed by atoms with Gasteiger partial charge in [0.1, 0.15) is 0 Å². The molecule has 2 aromatic heterocycles. The second kappa shape index (κ2) is 5.44. The molecule has 0 spiro atoms. The number of imidazole rings is 1. The maximum absolute atomic E-state index is 12.4. The minimum absolute atomic E-state index is 0.0696. The van der Waals surface area contributed by atoms with Crippen molar-refractivity contribution in [1.29, 1.82) is 0 Å². The molecule has 10 heteroatoms. The van der Waals surface area contributed by atoms with Crippen LogP contribution in [0, 0.1) is 0 Å². The molecule has 3 rings (SSSR count). The van der Waals surface area contributed by atoms with Gasteiger partial charge in [-0.1, -0.05) is 23.5 Å². The van der Waals surface area contributed by atoms with Crippen LogP contribution in [0.3, 0.4) is 0 Å². The van der Waals surface area contributed by atoms with Crippen molar-refractivity contribution >= 4 is 27.5 Å². The number of halogens is 3. The summed E-state index contributed by atoms with van der Waals surface area (Å²) in [5.41, 5.74) is 1.18. The summed E-state index contributed by atoms with van der Waals surface area (Å²) in [5, 5.41) is 8.31. The highest BCUT2D eigenvalue weighted by molar-refractivity contribution is 7.15. The molecule has 2 heterocycles. The summed E-state index contributed by atoms with van der Waals surface area (Å²) >= 11 is 0.431. The lowest BCUT2D eigenvalue weighted by Gasteiger charge is -2.04. The Morgan fingerprint density at radius 2 is 2.05 bits per heavy atom. The number of fused-ring (bicyclic) bond motifs is 1. The fraction of sp³-hybridized carbons (Fsp3) is 0.250. The summed E-state index contributed by atoms with van der Waals surface area (Å²) in [6.07, 6.45) is -4.49. The molecular formula is C12H10F3N5OS. The number of nitrogens with one attached hydrogen (secondary N) is 2. The maximum atomic E-state index is 12.4. The predicted octanol–water partition coefficient (Wildman–Crippen LogP) is 2.31. The van der Waals surface area contributed by atoms with Crippen LogP contribution in [-0.2, 0) is 12.7 Å². The van der Waals surface area contributed by atoms with Crippen LogP contribution in [0.1, 0.15) is 5.01 Å². The van der Waals surface area contributed by atoms with Crippen LogP contribution in [0.5, 0.6) is 0 Å². The molecule has 0 amide bonds. The lowest BCUT2D eigenvalue weighted by Crippen LogP contribution is -2.21. The standard InChI is InChI=1S/C12H10F3N5OS/c13-12(14,15)9-18-19-10(22-9)16-5-6-20-8-4-2-1-3-7(8)17-11(20)21/h1-4H,5-6H2,(H,16,19)(H,17,21). The van der Waals surface area contributed by atoms with E-state index in [1.165, 1.54) is 4.57 Å². The zero-order valence-electron chi connectivity index (χ0n) is 11.0. The first-order chi connectivity index (χ1) is 10.4. The Balaban J connectivity index is 1.69. The summed E-state index contributed by atoms with van der Waals surface area (Å²) in [6.45, 7) is 0.554. The Kier molecular flexibility index (Phi) is 3.61. The van der Waals surface area contributed by atoms with Crippen molar-refractivity contribution in [2.75, 3.05) is 11.9 Å². The Morgan fingerprint density at radius 1 is 1.27 bits per heavy atom. The number of anilines is 1.